The molecule has 0 atom stereocenters. The van der Waals surface area contributed by atoms with E-state index in [0.29, 0.717) is 6.10 Å². The van der Waals surface area contributed by atoms with Gasteiger partial charge in [-0.05, 0) is 53.1 Å². The molecular weight excluding hydrogens is 344 g/mol. The summed E-state index contributed by atoms with van der Waals surface area (Å²) in [5.74, 6) is 1.04. The van der Waals surface area contributed by atoms with E-state index in [1.54, 1.807) is 7.11 Å². The van der Waals surface area contributed by atoms with E-state index >= 15 is 0 Å². The molecule has 0 bridgehead atoms. The third-order valence-corrected chi connectivity index (χ3v) is 5.82. The summed E-state index contributed by atoms with van der Waals surface area (Å²) in [5.41, 5.74) is 0.113. The van der Waals surface area contributed by atoms with Crippen LogP contribution in [0.15, 0.2) is 4.99 Å². The van der Waals surface area contributed by atoms with Gasteiger partial charge in [0, 0.05) is 58.7 Å². The van der Waals surface area contributed by atoms with Crippen LogP contribution in [0.25, 0.3) is 0 Å². The molecule has 0 aromatic rings. The summed E-state index contributed by atoms with van der Waals surface area (Å²) < 4.78 is 16.7. The van der Waals surface area contributed by atoms with Crippen molar-refractivity contribution in [3.05, 3.63) is 0 Å². The lowest BCUT2D eigenvalue weighted by Crippen LogP contribution is -2.52. The first kappa shape index (κ1) is 22.4. The molecule has 27 heavy (non-hydrogen) atoms. The number of nitrogens with one attached hydrogen (secondary N) is 1. The predicted octanol–water partition coefficient (Wildman–Crippen LogP) is 1.58. The highest BCUT2D eigenvalue weighted by molar-refractivity contribution is 5.80. The Morgan fingerprint density at radius 3 is 2.52 bits per heavy atom. The molecule has 0 unspecified atom stereocenters. The number of likely N-dealkylation sites (tertiary alicyclic amines) is 1. The fourth-order valence-corrected chi connectivity index (χ4v) is 3.83. The van der Waals surface area contributed by atoms with Gasteiger partial charge in [0.1, 0.15) is 0 Å². The van der Waals surface area contributed by atoms with Crippen molar-refractivity contribution in [2.75, 3.05) is 73.8 Å². The topological polar surface area (TPSA) is 58.6 Å². The highest BCUT2D eigenvalue weighted by atomic mass is 16.5. The molecule has 0 aromatic carbocycles. The largest absolute Gasteiger partial charge is 0.385 e. The van der Waals surface area contributed by atoms with Gasteiger partial charge in [-0.3, -0.25) is 4.99 Å². The Bertz CT molecular complexity index is 431. The van der Waals surface area contributed by atoms with E-state index in [1.807, 2.05) is 0 Å². The molecule has 1 N–H and O–H groups in total. The van der Waals surface area contributed by atoms with E-state index < -0.39 is 0 Å². The van der Waals surface area contributed by atoms with Gasteiger partial charge in [-0.2, -0.15) is 0 Å². The van der Waals surface area contributed by atoms with Crippen molar-refractivity contribution in [1.82, 2.24) is 15.1 Å². The van der Waals surface area contributed by atoms with E-state index in [0.717, 1.165) is 90.7 Å². The first-order chi connectivity index (χ1) is 13.1. The number of rotatable bonds is 9. The molecule has 2 aliphatic rings. The quantitative estimate of drug-likeness (QED) is 0.370. The summed E-state index contributed by atoms with van der Waals surface area (Å²) >= 11 is 0. The summed E-state index contributed by atoms with van der Waals surface area (Å²) in [7, 11) is 6.07. The second-order valence-electron chi connectivity index (χ2n) is 7.80. The second kappa shape index (κ2) is 11.8. The summed E-state index contributed by atoms with van der Waals surface area (Å²) in [5, 5.41) is 3.49. The summed E-state index contributed by atoms with van der Waals surface area (Å²) in [6, 6.07) is 0. The zero-order chi connectivity index (χ0) is 19.5. The lowest BCUT2D eigenvalue weighted by molar-refractivity contribution is -0.00305. The maximum atomic E-state index is 5.99. The van der Waals surface area contributed by atoms with E-state index in [4.69, 9.17) is 19.2 Å². The van der Waals surface area contributed by atoms with E-state index in [-0.39, 0.29) is 5.54 Å². The van der Waals surface area contributed by atoms with Gasteiger partial charge in [-0.15, -0.1) is 0 Å². The van der Waals surface area contributed by atoms with Crippen LogP contribution in [0, 0.1) is 0 Å². The SMILES string of the molecule is CCNC(=NCC1(N(C)C)CCOCC1)N1CCC(OCCCOC)CC1. The average molecular weight is 385 g/mol. The van der Waals surface area contributed by atoms with Crippen molar-refractivity contribution in [1.29, 1.82) is 0 Å². The first-order valence-electron chi connectivity index (χ1n) is 10.5. The van der Waals surface area contributed by atoms with Crippen molar-refractivity contribution < 1.29 is 14.2 Å². The van der Waals surface area contributed by atoms with Crippen molar-refractivity contribution in [2.24, 2.45) is 4.99 Å². The minimum absolute atomic E-state index is 0.113. The van der Waals surface area contributed by atoms with Crippen molar-refractivity contribution in [3.8, 4) is 0 Å². The van der Waals surface area contributed by atoms with Crippen LogP contribution in [-0.2, 0) is 14.2 Å². The molecule has 0 aliphatic carbocycles. The molecule has 2 saturated heterocycles. The smallest absolute Gasteiger partial charge is 0.193 e. The Balaban J connectivity index is 1.88. The molecule has 2 aliphatic heterocycles. The van der Waals surface area contributed by atoms with E-state index in [2.05, 4.69) is 36.1 Å². The Morgan fingerprint density at radius 2 is 1.93 bits per heavy atom. The number of ether oxygens (including phenoxy) is 3. The Labute approximate surface area is 165 Å². The molecule has 0 saturated carbocycles. The van der Waals surface area contributed by atoms with E-state index in [9.17, 15) is 0 Å². The summed E-state index contributed by atoms with van der Waals surface area (Å²) in [4.78, 5) is 9.77. The molecule has 0 radical (unpaired) electrons. The molecule has 2 heterocycles. The standard InChI is InChI=1S/C20H40N4O3/c1-5-21-19(22-17-20(23(2)3)9-15-26-16-10-20)24-11-7-18(8-12-24)27-14-6-13-25-4/h18H,5-17H2,1-4H3,(H,21,22). The van der Waals surface area contributed by atoms with Crippen LogP contribution in [0.5, 0.6) is 0 Å². The molecule has 158 valence electrons. The van der Waals surface area contributed by atoms with Crippen LogP contribution in [0.2, 0.25) is 0 Å². The number of hydrogen-bond acceptors (Lipinski definition) is 5. The molecule has 0 spiro atoms. The molecule has 2 rings (SSSR count). The average Bonchev–Trinajstić information content (AvgIpc) is 2.69. The molecule has 2 fully saturated rings. The van der Waals surface area contributed by atoms with Gasteiger partial charge >= 0.3 is 0 Å². The Morgan fingerprint density at radius 1 is 1.22 bits per heavy atom. The molecule has 0 aromatic heterocycles. The molecule has 7 nitrogen and oxygen atoms in total. The van der Waals surface area contributed by atoms with E-state index in [1.165, 1.54) is 0 Å². The zero-order valence-corrected chi connectivity index (χ0v) is 17.8. The Kier molecular flexibility index (Phi) is 9.82. The van der Waals surface area contributed by atoms with Gasteiger partial charge in [0.2, 0.25) is 0 Å². The molecule has 7 heteroatoms. The highest BCUT2D eigenvalue weighted by Gasteiger charge is 2.35. The highest BCUT2D eigenvalue weighted by Crippen LogP contribution is 2.26. The number of methoxy groups -OCH3 is 1. The number of hydrogen-bond donors (Lipinski definition) is 1. The fourth-order valence-electron chi connectivity index (χ4n) is 3.83. The van der Waals surface area contributed by atoms with Gasteiger partial charge in [-0.1, -0.05) is 0 Å². The monoisotopic (exact) mass is 384 g/mol. The number of aliphatic imine (C=N–C) groups is 1. The number of guanidine groups is 1. The van der Waals surface area contributed by atoms with Crippen molar-refractivity contribution in [2.45, 2.75) is 50.7 Å². The van der Waals surface area contributed by atoms with Crippen molar-refractivity contribution >= 4 is 5.96 Å². The van der Waals surface area contributed by atoms with Crippen LogP contribution in [0.3, 0.4) is 0 Å². The normalized spacial score (nSPS) is 21.7. The van der Waals surface area contributed by atoms with Gasteiger partial charge in [0.05, 0.1) is 12.6 Å². The number of nitrogens with zero attached hydrogens (tertiary/aromatic N) is 3. The predicted molar refractivity (Wildman–Crippen MR) is 109 cm³/mol. The van der Waals surface area contributed by atoms with Gasteiger partial charge in [0.15, 0.2) is 5.96 Å². The summed E-state index contributed by atoms with van der Waals surface area (Å²) in [6.45, 7) is 9.07. The maximum Gasteiger partial charge on any atom is 0.193 e. The number of likely N-dealkylation sites (N-methyl/N-ethyl adjacent to an activating group) is 1. The maximum absolute atomic E-state index is 5.99. The first-order valence-corrected chi connectivity index (χ1v) is 10.5. The fraction of sp³-hybridized carbons (Fsp3) is 0.950. The van der Waals surface area contributed by atoms with Crippen LogP contribution < -0.4 is 5.32 Å². The van der Waals surface area contributed by atoms with Crippen LogP contribution in [0.1, 0.15) is 39.0 Å². The van der Waals surface area contributed by atoms with Gasteiger partial charge in [-0.25, -0.2) is 0 Å². The third kappa shape index (κ3) is 6.89. The Hall–Kier alpha value is -0.890. The molecular formula is C20H40N4O3. The lowest BCUT2D eigenvalue weighted by atomic mass is 9.89. The van der Waals surface area contributed by atoms with Gasteiger partial charge in [0.25, 0.3) is 0 Å². The summed E-state index contributed by atoms with van der Waals surface area (Å²) in [6.07, 6.45) is 5.54. The van der Waals surface area contributed by atoms with Gasteiger partial charge < -0.3 is 29.3 Å². The number of piperidine rings is 1. The van der Waals surface area contributed by atoms with Crippen LogP contribution in [0.4, 0.5) is 0 Å². The van der Waals surface area contributed by atoms with Crippen molar-refractivity contribution in [3.63, 3.8) is 0 Å². The second-order valence-corrected chi connectivity index (χ2v) is 7.80. The third-order valence-electron chi connectivity index (χ3n) is 5.82. The zero-order valence-electron chi connectivity index (χ0n) is 17.8. The van der Waals surface area contributed by atoms with Crippen LogP contribution in [-0.4, -0.2) is 101 Å². The lowest BCUT2D eigenvalue weighted by Gasteiger charge is -2.42. The minimum atomic E-state index is 0.113. The molecule has 0 amide bonds. The minimum Gasteiger partial charge on any atom is -0.385 e. The van der Waals surface area contributed by atoms with Crippen LogP contribution >= 0.6 is 0 Å².